The maximum Gasteiger partial charge on any atom is 0.270 e. The number of nitrogens with zero attached hydrogens (tertiary/aromatic N) is 1. The molecule has 2 aromatic carbocycles. The van der Waals surface area contributed by atoms with Crippen LogP contribution in [0.3, 0.4) is 0 Å². The Bertz CT molecular complexity index is 506. The maximum absolute atomic E-state index is 10.5. The first-order valence-electron chi connectivity index (χ1n) is 4.31. The molecule has 0 fully saturated rings. The predicted molar refractivity (Wildman–Crippen MR) is 55.3 cm³/mol. The highest BCUT2D eigenvalue weighted by atomic mass is 16.6. The molecule has 0 amide bonds. The van der Waals surface area contributed by atoms with Gasteiger partial charge in [0.1, 0.15) is 0 Å². The molecule has 0 aromatic heterocycles. The first kappa shape index (κ1) is 8.69. The van der Waals surface area contributed by atoms with E-state index in [0.29, 0.717) is 0 Å². The van der Waals surface area contributed by atoms with Gasteiger partial charge in [-0.3, -0.25) is 10.1 Å². The van der Waals surface area contributed by atoms with E-state index in [1.165, 1.54) is 6.07 Å². The number of non-ortho nitro benzene ring substituents is 1. The standard InChI is InChI=1S/C11H9NO2/c1-8-2-3-10-7-11(12(13)14)5-4-9(10)6-8/h2-7H,1H3. The van der Waals surface area contributed by atoms with E-state index in [2.05, 4.69) is 0 Å². The van der Waals surface area contributed by atoms with Crippen LogP contribution in [-0.2, 0) is 0 Å². The van der Waals surface area contributed by atoms with Crippen LogP contribution < -0.4 is 0 Å². The summed E-state index contributed by atoms with van der Waals surface area (Å²) in [5.74, 6) is 0. The second kappa shape index (κ2) is 3.10. The van der Waals surface area contributed by atoms with Gasteiger partial charge < -0.3 is 0 Å². The van der Waals surface area contributed by atoms with Crippen LogP contribution in [0.2, 0.25) is 0 Å². The minimum absolute atomic E-state index is 0.140. The first-order valence-corrected chi connectivity index (χ1v) is 4.31. The zero-order chi connectivity index (χ0) is 10.1. The van der Waals surface area contributed by atoms with Gasteiger partial charge in [-0.25, -0.2) is 0 Å². The Morgan fingerprint density at radius 3 is 2.43 bits per heavy atom. The summed E-state index contributed by atoms with van der Waals surface area (Å²) in [6, 6.07) is 10.8. The van der Waals surface area contributed by atoms with Crippen LogP contribution in [0.5, 0.6) is 0 Å². The third-order valence-electron chi connectivity index (χ3n) is 2.19. The summed E-state index contributed by atoms with van der Waals surface area (Å²) >= 11 is 0. The number of benzene rings is 2. The lowest BCUT2D eigenvalue weighted by Gasteiger charge is -1.98. The molecular formula is C11H9NO2. The third kappa shape index (κ3) is 1.44. The lowest BCUT2D eigenvalue weighted by atomic mass is 10.1. The molecule has 0 bridgehead atoms. The van der Waals surface area contributed by atoms with Gasteiger partial charge in [-0.15, -0.1) is 0 Å². The van der Waals surface area contributed by atoms with Gasteiger partial charge in [0.2, 0.25) is 0 Å². The summed E-state index contributed by atoms with van der Waals surface area (Å²) in [4.78, 5) is 10.1. The van der Waals surface area contributed by atoms with E-state index in [1.54, 1.807) is 12.1 Å². The molecule has 3 heteroatoms. The van der Waals surface area contributed by atoms with E-state index < -0.39 is 0 Å². The summed E-state index contributed by atoms with van der Waals surface area (Å²) in [5.41, 5.74) is 1.30. The van der Waals surface area contributed by atoms with Crippen molar-refractivity contribution in [3.8, 4) is 0 Å². The van der Waals surface area contributed by atoms with Gasteiger partial charge in [0.25, 0.3) is 5.69 Å². The van der Waals surface area contributed by atoms with Gasteiger partial charge in [0.15, 0.2) is 0 Å². The third-order valence-corrected chi connectivity index (χ3v) is 2.19. The monoisotopic (exact) mass is 187 g/mol. The Morgan fingerprint density at radius 2 is 1.71 bits per heavy atom. The smallest absolute Gasteiger partial charge is 0.258 e. The molecule has 14 heavy (non-hydrogen) atoms. The maximum atomic E-state index is 10.5. The van der Waals surface area contributed by atoms with Crippen LogP contribution in [0.1, 0.15) is 5.56 Å². The van der Waals surface area contributed by atoms with Crippen molar-refractivity contribution in [2.75, 3.05) is 0 Å². The van der Waals surface area contributed by atoms with E-state index in [1.807, 2.05) is 25.1 Å². The molecule has 0 aliphatic carbocycles. The van der Waals surface area contributed by atoms with Crippen molar-refractivity contribution in [2.45, 2.75) is 6.92 Å². The number of rotatable bonds is 1. The van der Waals surface area contributed by atoms with Crippen LogP contribution in [0, 0.1) is 17.0 Å². The number of nitro groups is 1. The topological polar surface area (TPSA) is 43.1 Å². The molecule has 0 saturated heterocycles. The molecule has 2 aromatic rings. The largest absolute Gasteiger partial charge is 0.270 e. The number of hydrogen-bond donors (Lipinski definition) is 0. The number of nitro benzene ring substituents is 1. The fourth-order valence-corrected chi connectivity index (χ4v) is 1.47. The molecule has 0 heterocycles. The summed E-state index contributed by atoms with van der Waals surface area (Å²) in [5, 5.41) is 12.5. The highest BCUT2D eigenvalue weighted by Gasteiger charge is 2.05. The van der Waals surface area contributed by atoms with Gasteiger partial charge in [-0.2, -0.15) is 0 Å². The van der Waals surface area contributed by atoms with E-state index in [-0.39, 0.29) is 10.6 Å². The Kier molecular flexibility index (Phi) is 1.93. The lowest BCUT2D eigenvalue weighted by Crippen LogP contribution is -1.87. The van der Waals surface area contributed by atoms with Gasteiger partial charge in [-0.1, -0.05) is 23.8 Å². The first-order chi connectivity index (χ1) is 6.66. The molecule has 0 spiro atoms. The summed E-state index contributed by atoms with van der Waals surface area (Å²) in [7, 11) is 0. The average molecular weight is 187 g/mol. The zero-order valence-electron chi connectivity index (χ0n) is 7.73. The van der Waals surface area contributed by atoms with Crippen LogP contribution in [-0.4, -0.2) is 4.92 Å². The number of fused-ring (bicyclic) bond motifs is 1. The summed E-state index contributed by atoms with van der Waals surface area (Å²) in [6.07, 6.45) is 0. The molecule has 0 radical (unpaired) electrons. The molecule has 0 saturated carbocycles. The second-order valence-electron chi connectivity index (χ2n) is 3.29. The van der Waals surface area contributed by atoms with E-state index in [9.17, 15) is 10.1 Å². The molecule has 0 aliphatic heterocycles. The van der Waals surface area contributed by atoms with Crippen LogP contribution in [0.15, 0.2) is 36.4 Å². The van der Waals surface area contributed by atoms with Crippen molar-refractivity contribution in [3.05, 3.63) is 52.1 Å². The zero-order valence-corrected chi connectivity index (χ0v) is 7.73. The fraction of sp³-hybridized carbons (Fsp3) is 0.0909. The summed E-state index contributed by atoms with van der Waals surface area (Å²) < 4.78 is 0. The van der Waals surface area contributed by atoms with E-state index in [4.69, 9.17) is 0 Å². The van der Waals surface area contributed by atoms with Gasteiger partial charge >= 0.3 is 0 Å². The molecule has 0 aliphatic rings. The van der Waals surface area contributed by atoms with Crippen molar-refractivity contribution in [1.82, 2.24) is 0 Å². The molecule has 0 unspecified atom stereocenters. The van der Waals surface area contributed by atoms with Crippen molar-refractivity contribution >= 4 is 16.5 Å². The van der Waals surface area contributed by atoms with Gasteiger partial charge in [-0.05, 0) is 23.8 Å². The van der Waals surface area contributed by atoms with E-state index >= 15 is 0 Å². The molecule has 2 rings (SSSR count). The molecule has 70 valence electrons. The normalized spacial score (nSPS) is 10.4. The minimum atomic E-state index is -0.376. The average Bonchev–Trinajstić information content (AvgIpc) is 2.16. The molecule has 0 atom stereocenters. The Balaban J connectivity index is 2.67. The number of aryl methyl sites for hydroxylation is 1. The second-order valence-corrected chi connectivity index (χ2v) is 3.29. The molecular weight excluding hydrogens is 178 g/mol. The van der Waals surface area contributed by atoms with Crippen LogP contribution in [0.4, 0.5) is 5.69 Å². The fourth-order valence-electron chi connectivity index (χ4n) is 1.47. The van der Waals surface area contributed by atoms with Crippen LogP contribution in [0.25, 0.3) is 10.8 Å². The molecule has 3 nitrogen and oxygen atoms in total. The van der Waals surface area contributed by atoms with Crippen molar-refractivity contribution in [1.29, 1.82) is 0 Å². The summed E-state index contributed by atoms with van der Waals surface area (Å²) in [6.45, 7) is 2.00. The van der Waals surface area contributed by atoms with Crippen molar-refractivity contribution < 1.29 is 4.92 Å². The predicted octanol–water partition coefficient (Wildman–Crippen LogP) is 3.06. The van der Waals surface area contributed by atoms with Crippen LogP contribution >= 0.6 is 0 Å². The highest BCUT2D eigenvalue weighted by molar-refractivity contribution is 5.85. The van der Waals surface area contributed by atoms with Crippen molar-refractivity contribution in [2.24, 2.45) is 0 Å². The minimum Gasteiger partial charge on any atom is -0.258 e. The Morgan fingerprint density at radius 1 is 1.07 bits per heavy atom. The highest BCUT2D eigenvalue weighted by Crippen LogP contribution is 2.21. The Labute approximate surface area is 81.1 Å². The number of hydrogen-bond acceptors (Lipinski definition) is 2. The van der Waals surface area contributed by atoms with Gasteiger partial charge in [0, 0.05) is 12.1 Å². The quantitative estimate of drug-likeness (QED) is 0.508. The lowest BCUT2D eigenvalue weighted by molar-refractivity contribution is -0.384. The molecule has 0 N–H and O–H groups in total. The van der Waals surface area contributed by atoms with Gasteiger partial charge in [0.05, 0.1) is 4.92 Å². The van der Waals surface area contributed by atoms with Crippen molar-refractivity contribution in [3.63, 3.8) is 0 Å². The van der Waals surface area contributed by atoms with E-state index in [0.717, 1.165) is 16.3 Å². The Hall–Kier alpha value is -1.90. The SMILES string of the molecule is Cc1ccc2cc([N+](=O)[O-])ccc2c1.